The number of esters is 1. The molecule has 0 spiro atoms. The Morgan fingerprint density at radius 2 is 1.77 bits per heavy atom. The predicted octanol–water partition coefficient (Wildman–Crippen LogP) is 2.96. The number of carbonyl (C=O) groups excluding carboxylic acids is 2. The van der Waals surface area contributed by atoms with Gasteiger partial charge in [-0.1, -0.05) is 30.3 Å². The largest absolute Gasteiger partial charge is 0.462 e. The molecule has 1 aromatic heterocycles. The summed E-state index contributed by atoms with van der Waals surface area (Å²) in [5, 5.41) is 1.80. The average Bonchev–Trinajstić information content (AvgIpc) is 2.82. The van der Waals surface area contributed by atoms with Gasteiger partial charge in [0.1, 0.15) is 17.1 Å². The highest BCUT2D eigenvalue weighted by Gasteiger charge is 2.37. The van der Waals surface area contributed by atoms with Crippen molar-refractivity contribution in [3.63, 3.8) is 0 Å². The van der Waals surface area contributed by atoms with Crippen LogP contribution in [0.15, 0.2) is 47.4 Å². The highest BCUT2D eigenvalue weighted by molar-refractivity contribution is 7.89. The van der Waals surface area contributed by atoms with E-state index >= 15 is 0 Å². The van der Waals surface area contributed by atoms with Gasteiger partial charge in [-0.25, -0.2) is 23.2 Å². The molecule has 1 aliphatic heterocycles. The highest BCUT2D eigenvalue weighted by Crippen LogP contribution is 2.26. The maximum atomic E-state index is 13.4. The molecule has 3 aromatic rings. The number of ether oxygens (including phenoxy) is 1. The number of sulfonamides is 1. The number of rotatable bonds is 5. The van der Waals surface area contributed by atoms with Crippen LogP contribution in [0.25, 0.3) is 10.8 Å². The van der Waals surface area contributed by atoms with Crippen LogP contribution in [0, 0.1) is 13.8 Å². The second kappa shape index (κ2) is 9.71. The predicted molar refractivity (Wildman–Crippen MR) is 131 cm³/mol. The molecule has 2 aromatic carbocycles. The standard InChI is InChI=1S/C25H28N4O5S/c1-5-34-25(31)22-17(3)26-18(4)27-23(22)24(30)28-12-13-29(16(2)15-28)35(32,33)21-11-10-19-8-6-7-9-20(19)14-21/h6-11,14,16H,5,12-13,15H2,1-4H3. The second-order valence-corrected chi connectivity index (χ2v) is 10.4. The Bertz CT molecular complexity index is 1410. The zero-order valence-electron chi connectivity index (χ0n) is 20.2. The van der Waals surface area contributed by atoms with Crippen LogP contribution in [0.1, 0.15) is 46.2 Å². The summed E-state index contributed by atoms with van der Waals surface area (Å²) < 4.78 is 33.4. The van der Waals surface area contributed by atoms with Crippen LogP contribution in [-0.4, -0.2) is 71.8 Å². The van der Waals surface area contributed by atoms with E-state index in [-0.39, 0.29) is 42.4 Å². The first-order valence-corrected chi connectivity index (χ1v) is 12.9. The normalized spacial score (nSPS) is 16.9. The Morgan fingerprint density at radius 1 is 1.06 bits per heavy atom. The van der Waals surface area contributed by atoms with Gasteiger partial charge in [0.05, 0.1) is 17.2 Å². The van der Waals surface area contributed by atoms with Crippen LogP contribution in [0.3, 0.4) is 0 Å². The molecular weight excluding hydrogens is 468 g/mol. The number of benzene rings is 2. The number of hydrogen-bond acceptors (Lipinski definition) is 7. The minimum atomic E-state index is -3.76. The third-order valence-corrected chi connectivity index (χ3v) is 8.07. The molecule has 35 heavy (non-hydrogen) atoms. The summed E-state index contributed by atoms with van der Waals surface area (Å²) in [6.45, 7) is 7.34. The molecule has 10 heteroatoms. The maximum absolute atomic E-state index is 13.4. The van der Waals surface area contributed by atoms with E-state index in [1.165, 1.54) is 9.21 Å². The summed E-state index contributed by atoms with van der Waals surface area (Å²) >= 11 is 0. The van der Waals surface area contributed by atoms with Crippen LogP contribution in [0.5, 0.6) is 0 Å². The average molecular weight is 497 g/mol. The van der Waals surface area contributed by atoms with Crippen molar-refractivity contribution in [2.45, 2.75) is 38.6 Å². The van der Waals surface area contributed by atoms with Crippen molar-refractivity contribution in [1.82, 2.24) is 19.2 Å². The lowest BCUT2D eigenvalue weighted by Crippen LogP contribution is -2.55. The summed E-state index contributed by atoms with van der Waals surface area (Å²) in [5.74, 6) is -0.736. The van der Waals surface area contributed by atoms with E-state index in [2.05, 4.69) is 9.97 Å². The Kier molecular flexibility index (Phi) is 6.86. The number of fused-ring (bicyclic) bond motifs is 1. The monoisotopic (exact) mass is 496 g/mol. The highest BCUT2D eigenvalue weighted by atomic mass is 32.2. The molecule has 1 fully saturated rings. The van der Waals surface area contributed by atoms with Crippen molar-refractivity contribution in [2.24, 2.45) is 0 Å². The Labute approximate surface area is 204 Å². The first-order valence-electron chi connectivity index (χ1n) is 11.5. The first kappa shape index (κ1) is 24.7. The van der Waals surface area contributed by atoms with Gasteiger partial charge in [0.15, 0.2) is 0 Å². The quantitative estimate of drug-likeness (QED) is 0.500. The molecular formula is C25H28N4O5S. The molecule has 0 radical (unpaired) electrons. The molecule has 0 aliphatic carbocycles. The van der Waals surface area contributed by atoms with E-state index in [0.29, 0.717) is 11.5 Å². The third-order valence-electron chi connectivity index (χ3n) is 6.07. The summed E-state index contributed by atoms with van der Waals surface area (Å²) in [6.07, 6.45) is 0. The lowest BCUT2D eigenvalue weighted by molar-refractivity contribution is 0.0509. The van der Waals surface area contributed by atoms with Gasteiger partial charge >= 0.3 is 5.97 Å². The molecule has 0 bridgehead atoms. The maximum Gasteiger partial charge on any atom is 0.342 e. The van der Waals surface area contributed by atoms with Crippen molar-refractivity contribution < 1.29 is 22.7 Å². The molecule has 0 N–H and O–H groups in total. The SMILES string of the molecule is CCOC(=O)c1c(C)nc(C)nc1C(=O)N1CCN(S(=O)(=O)c2ccc3ccccc3c2)C(C)C1. The van der Waals surface area contributed by atoms with Gasteiger partial charge in [0.2, 0.25) is 10.0 Å². The van der Waals surface area contributed by atoms with Gasteiger partial charge < -0.3 is 9.64 Å². The number of aryl methyl sites for hydroxylation is 2. The van der Waals surface area contributed by atoms with Gasteiger partial charge in [0, 0.05) is 25.7 Å². The number of amides is 1. The second-order valence-electron chi connectivity index (χ2n) is 8.53. The van der Waals surface area contributed by atoms with E-state index < -0.39 is 27.9 Å². The van der Waals surface area contributed by atoms with Crippen LogP contribution < -0.4 is 0 Å². The minimum absolute atomic E-state index is 0.0218. The lowest BCUT2D eigenvalue weighted by Gasteiger charge is -2.39. The Morgan fingerprint density at radius 3 is 2.46 bits per heavy atom. The molecule has 4 rings (SSSR count). The van der Waals surface area contributed by atoms with Crippen molar-refractivity contribution >= 4 is 32.7 Å². The van der Waals surface area contributed by atoms with Crippen LogP contribution >= 0.6 is 0 Å². The fourth-order valence-electron chi connectivity index (χ4n) is 4.41. The third kappa shape index (κ3) is 4.76. The van der Waals surface area contributed by atoms with Gasteiger partial charge in [-0.05, 0) is 50.6 Å². The van der Waals surface area contributed by atoms with Crippen LogP contribution in [0.2, 0.25) is 0 Å². The number of piperazine rings is 1. The topological polar surface area (TPSA) is 110 Å². The zero-order chi connectivity index (χ0) is 25.3. The summed E-state index contributed by atoms with van der Waals surface area (Å²) in [6, 6.07) is 12.2. The molecule has 9 nitrogen and oxygen atoms in total. The Balaban J connectivity index is 1.58. The molecule has 184 valence electrons. The van der Waals surface area contributed by atoms with Crippen molar-refractivity contribution in [3.8, 4) is 0 Å². The smallest absolute Gasteiger partial charge is 0.342 e. The van der Waals surface area contributed by atoms with Crippen LogP contribution in [0.4, 0.5) is 0 Å². The molecule has 2 heterocycles. The number of carbonyl (C=O) groups is 2. The molecule has 0 saturated carbocycles. The van der Waals surface area contributed by atoms with E-state index in [0.717, 1.165) is 10.8 Å². The number of hydrogen-bond donors (Lipinski definition) is 0. The molecule has 1 amide bonds. The first-order chi connectivity index (χ1) is 16.6. The summed E-state index contributed by atoms with van der Waals surface area (Å²) in [5.41, 5.74) is 0.387. The number of aromatic nitrogens is 2. The number of nitrogens with zero attached hydrogens (tertiary/aromatic N) is 4. The molecule has 1 saturated heterocycles. The van der Waals surface area contributed by atoms with E-state index in [1.54, 1.807) is 45.9 Å². The van der Waals surface area contributed by atoms with E-state index in [1.807, 2.05) is 24.3 Å². The van der Waals surface area contributed by atoms with E-state index in [4.69, 9.17) is 4.74 Å². The minimum Gasteiger partial charge on any atom is -0.462 e. The molecule has 1 atom stereocenters. The zero-order valence-corrected chi connectivity index (χ0v) is 21.0. The molecule has 1 aliphatic rings. The van der Waals surface area contributed by atoms with Crippen molar-refractivity contribution in [1.29, 1.82) is 0 Å². The van der Waals surface area contributed by atoms with Crippen molar-refractivity contribution in [3.05, 3.63) is 65.2 Å². The summed E-state index contributed by atoms with van der Waals surface area (Å²) in [4.78, 5) is 36.1. The van der Waals surface area contributed by atoms with Gasteiger partial charge in [-0.15, -0.1) is 0 Å². The Hall–Kier alpha value is -3.37. The summed E-state index contributed by atoms with van der Waals surface area (Å²) in [7, 11) is -3.76. The van der Waals surface area contributed by atoms with Crippen molar-refractivity contribution in [2.75, 3.05) is 26.2 Å². The fourth-order valence-corrected chi connectivity index (χ4v) is 6.06. The van der Waals surface area contributed by atoms with Gasteiger partial charge in [0.25, 0.3) is 5.91 Å². The van der Waals surface area contributed by atoms with E-state index in [9.17, 15) is 18.0 Å². The fraction of sp³-hybridized carbons (Fsp3) is 0.360. The lowest BCUT2D eigenvalue weighted by atomic mass is 10.1. The van der Waals surface area contributed by atoms with Gasteiger partial charge in [-0.2, -0.15) is 4.31 Å². The van der Waals surface area contributed by atoms with Gasteiger partial charge in [-0.3, -0.25) is 4.79 Å². The molecule has 1 unspecified atom stereocenters. The van der Waals surface area contributed by atoms with Crippen LogP contribution in [-0.2, 0) is 14.8 Å².